The molecule has 3 N–H and O–H groups in total. The van der Waals surface area contributed by atoms with Crippen LogP contribution in [0.5, 0.6) is 0 Å². The third-order valence-corrected chi connectivity index (χ3v) is 1.80. The van der Waals surface area contributed by atoms with E-state index in [1.807, 2.05) is 0 Å². The van der Waals surface area contributed by atoms with E-state index in [1.54, 1.807) is 0 Å². The average Bonchev–Trinajstić information content (AvgIpc) is 2.28. The summed E-state index contributed by atoms with van der Waals surface area (Å²) in [5.41, 5.74) is 2.27. The Bertz CT molecular complexity index is 380. The third kappa shape index (κ3) is 3.74. The van der Waals surface area contributed by atoms with Crippen molar-refractivity contribution < 1.29 is 26.7 Å². The first-order valence-corrected chi connectivity index (χ1v) is 4.56. The number of hydrogen-bond acceptors (Lipinski definition) is 5. The van der Waals surface area contributed by atoms with Gasteiger partial charge in [0, 0.05) is 0 Å². The summed E-state index contributed by atoms with van der Waals surface area (Å²) >= 11 is 0. The number of anilines is 1. The predicted molar refractivity (Wildman–Crippen MR) is 50.5 cm³/mol. The van der Waals surface area contributed by atoms with E-state index in [4.69, 9.17) is 5.84 Å². The van der Waals surface area contributed by atoms with Crippen molar-refractivity contribution in [2.45, 2.75) is 18.7 Å². The van der Waals surface area contributed by atoms with Crippen molar-refractivity contribution in [3.05, 3.63) is 18.1 Å². The minimum absolute atomic E-state index is 0.104. The quantitative estimate of drug-likeness (QED) is 0.482. The SMILES string of the molecule is NNc1cnc(COCC(F)(F)C(F)(F)F)cn1. The van der Waals surface area contributed by atoms with E-state index in [9.17, 15) is 22.0 Å². The van der Waals surface area contributed by atoms with Gasteiger partial charge in [0.25, 0.3) is 0 Å². The molecule has 1 aromatic heterocycles. The van der Waals surface area contributed by atoms with Crippen molar-refractivity contribution in [2.75, 3.05) is 12.0 Å². The summed E-state index contributed by atoms with van der Waals surface area (Å²) in [4.78, 5) is 7.35. The number of halogens is 5. The molecule has 10 heteroatoms. The van der Waals surface area contributed by atoms with Gasteiger partial charge in [-0.15, -0.1) is 0 Å². The zero-order valence-electron chi connectivity index (χ0n) is 8.84. The van der Waals surface area contributed by atoms with E-state index in [1.165, 1.54) is 6.20 Å². The van der Waals surface area contributed by atoms with Crippen LogP contribution in [0.3, 0.4) is 0 Å². The zero-order valence-corrected chi connectivity index (χ0v) is 8.84. The van der Waals surface area contributed by atoms with Crippen LogP contribution in [0.25, 0.3) is 0 Å². The maximum Gasteiger partial charge on any atom is 0.455 e. The maximum atomic E-state index is 12.4. The summed E-state index contributed by atoms with van der Waals surface area (Å²) in [6, 6.07) is 0. The van der Waals surface area contributed by atoms with Crippen molar-refractivity contribution in [2.24, 2.45) is 5.84 Å². The number of ether oxygens (including phenoxy) is 1. The highest BCUT2D eigenvalue weighted by Gasteiger charge is 2.57. The van der Waals surface area contributed by atoms with Crippen LogP contribution in [0.2, 0.25) is 0 Å². The molecule has 0 bridgehead atoms. The molecule has 0 aliphatic carbocycles. The fourth-order valence-corrected chi connectivity index (χ4v) is 0.869. The Morgan fingerprint density at radius 3 is 2.28 bits per heavy atom. The van der Waals surface area contributed by atoms with E-state index in [2.05, 4.69) is 20.1 Å². The molecule has 0 aromatic carbocycles. The highest BCUT2D eigenvalue weighted by molar-refractivity contribution is 5.28. The molecular weight excluding hydrogens is 263 g/mol. The van der Waals surface area contributed by atoms with Crippen LogP contribution in [-0.2, 0) is 11.3 Å². The smallest absolute Gasteiger partial charge is 0.368 e. The fraction of sp³-hybridized carbons (Fsp3) is 0.500. The van der Waals surface area contributed by atoms with Gasteiger partial charge in [0.2, 0.25) is 0 Å². The van der Waals surface area contributed by atoms with Gasteiger partial charge in [0.15, 0.2) is 5.82 Å². The molecule has 1 heterocycles. The minimum Gasteiger partial charge on any atom is -0.368 e. The number of nitrogens with one attached hydrogen (secondary N) is 1. The van der Waals surface area contributed by atoms with E-state index in [-0.39, 0.29) is 11.5 Å². The lowest BCUT2D eigenvalue weighted by molar-refractivity contribution is -0.297. The number of nitrogens with zero attached hydrogens (tertiary/aromatic N) is 2. The Morgan fingerprint density at radius 1 is 1.17 bits per heavy atom. The lowest BCUT2D eigenvalue weighted by atomic mass is 10.3. The van der Waals surface area contributed by atoms with E-state index >= 15 is 0 Å². The summed E-state index contributed by atoms with van der Waals surface area (Å²) < 4.78 is 64.5. The largest absolute Gasteiger partial charge is 0.455 e. The standard InChI is InChI=1S/C8H9F5N4O/c9-7(10,8(11,12)13)4-18-3-5-1-16-6(17-14)2-15-5/h1-2H,3-4,14H2,(H,16,17). The first kappa shape index (κ1) is 14.5. The van der Waals surface area contributed by atoms with Gasteiger partial charge in [0.1, 0.15) is 6.61 Å². The lowest BCUT2D eigenvalue weighted by Crippen LogP contribution is -2.40. The highest BCUT2D eigenvalue weighted by Crippen LogP contribution is 2.35. The van der Waals surface area contributed by atoms with Crippen molar-refractivity contribution in [1.29, 1.82) is 0 Å². The molecule has 0 saturated heterocycles. The highest BCUT2D eigenvalue weighted by atomic mass is 19.4. The Kier molecular flexibility index (Phi) is 4.35. The van der Waals surface area contributed by atoms with Crippen LogP contribution < -0.4 is 11.3 Å². The van der Waals surface area contributed by atoms with Crippen LogP contribution in [-0.4, -0.2) is 28.7 Å². The van der Waals surface area contributed by atoms with Crippen molar-refractivity contribution >= 4 is 5.82 Å². The first-order valence-electron chi connectivity index (χ1n) is 4.56. The van der Waals surface area contributed by atoms with Gasteiger partial charge >= 0.3 is 12.1 Å². The lowest BCUT2D eigenvalue weighted by Gasteiger charge is -2.19. The van der Waals surface area contributed by atoms with Crippen molar-refractivity contribution in [1.82, 2.24) is 9.97 Å². The summed E-state index contributed by atoms with van der Waals surface area (Å²) in [7, 11) is 0. The van der Waals surface area contributed by atoms with E-state index < -0.39 is 25.3 Å². The molecule has 1 aromatic rings. The Hall–Kier alpha value is -1.55. The normalized spacial score (nSPS) is 12.6. The number of hydrazine groups is 1. The van der Waals surface area contributed by atoms with Gasteiger partial charge < -0.3 is 10.2 Å². The topological polar surface area (TPSA) is 73.1 Å². The number of alkyl halides is 5. The summed E-state index contributed by atoms with van der Waals surface area (Å²) in [5.74, 6) is 0.329. The second kappa shape index (κ2) is 5.40. The van der Waals surface area contributed by atoms with Gasteiger partial charge in [-0.05, 0) is 0 Å². The molecule has 0 fully saturated rings. The second-order valence-electron chi connectivity index (χ2n) is 3.23. The molecule has 0 radical (unpaired) electrons. The van der Waals surface area contributed by atoms with Crippen LogP contribution in [0.15, 0.2) is 12.4 Å². The van der Waals surface area contributed by atoms with Gasteiger partial charge in [-0.3, -0.25) is 4.98 Å². The minimum atomic E-state index is -5.63. The monoisotopic (exact) mass is 272 g/mol. The summed E-state index contributed by atoms with van der Waals surface area (Å²) in [6.45, 7) is -2.28. The molecule has 1 rings (SSSR count). The predicted octanol–water partition coefficient (Wildman–Crippen LogP) is 1.48. The molecular formula is C8H9F5N4O. The van der Waals surface area contributed by atoms with E-state index in [0.29, 0.717) is 0 Å². The molecule has 0 unspecified atom stereocenters. The summed E-state index contributed by atoms with van der Waals surface area (Å²) in [6.07, 6.45) is -3.31. The fourth-order valence-electron chi connectivity index (χ4n) is 0.869. The Balaban J connectivity index is 2.46. The molecule has 0 aliphatic heterocycles. The van der Waals surface area contributed by atoms with Gasteiger partial charge in [-0.2, -0.15) is 22.0 Å². The molecule has 0 saturated carbocycles. The molecule has 102 valence electrons. The molecule has 0 amide bonds. The van der Waals surface area contributed by atoms with Crippen LogP contribution in [0.4, 0.5) is 27.8 Å². The second-order valence-corrected chi connectivity index (χ2v) is 3.23. The number of nitrogens with two attached hydrogens (primary N) is 1. The maximum absolute atomic E-state index is 12.4. The van der Waals surface area contributed by atoms with Gasteiger partial charge in [0.05, 0.1) is 24.7 Å². The van der Waals surface area contributed by atoms with Gasteiger partial charge in [-0.1, -0.05) is 0 Å². The Labute approximate surface area is 98.1 Å². The number of rotatable bonds is 5. The molecule has 5 nitrogen and oxygen atoms in total. The van der Waals surface area contributed by atoms with Crippen molar-refractivity contribution in [3.8, 4) is 0 Å². The summed E-state index contributed by atoms with van der Waals surface area (Å²) in [5, 5.41) is 0. The van der Waals surface area contributed by atoms with Gasteiger partial charge in [-0.25, -0.2) is 10.8 Å². The van der Waals surface area contributed by atoms with Crippen LogP contribution in [0, 0.1) is 0 Å². The first-order chi connectivity index (χ1) is 8.26. The Morgan fingerprint density at radius 2 is 1.83 bits per heavy atom. The third-order valence-electron chi connectivity index (χ3n) is 1.80. The van der Waals surface area contributed by atoms with Crippen LogP contribution >= 0.6 is 0 Å². The van der Waals surface area contributed by atoms with Crippen LogP contribution in [0.1, 0.15) is 5.69 Å². The number of aromatic nitrogens is 2. The van der Waals surface area contributed by atoms with Crippen molar-refractivity contribution in [3.63, 3.8) is 0 Å². The van der Waals surface area contributed by atoms with E-state index in [0.717, 1.165) is 6.20 Å². The zero-order chi connectivity index (χ0) is 13.8. The molecule has 0 aliphatic rings. The molecule has 0 atom stereocenters. The average molecular weight is 272 g/mol. The molecule has 0 spiro atoms. The number of hydrogen-bond donors (Lipinski definition) is 2. The molecule has 18 heavy (non-hydrogen) atoms. The number of nitrogen functional groups attached to an aromatic ring is 1.